The molecule has 6 nitrogen and oxygen atoms in total. The second-order valence-electron chi connectivity index (χ2n) is 4.38. The molecule has 1 amide bonds. The maximum atomic E-state index is 12.2. The van der Waals surface area contributed by atoms with Crippen LogP contribution in [0.2, 0.25) is 0 Å². The van der Waals surface area contributed by atoms with Crippen LogP contribution >= 0.6 is 0 Å². The molecule has 0 aliphatic heterocycles. The molecule has 0 saturated carbocycles. The summed E-state index contributed by atoms with van der Waals surface area (Å²) in [4.78, 5) is 20.1. The maximum Gasteiger partial charge on any atom is 0.251 e. The smallest absolute Gasteiger partial charge is 0.251 e. The highest BCUT2D eigenvalue weighted by molar-refractivity contribution is 5.95. The lowest BCUT2D eigenvalue weighted by molar-refractivity contribution is 0.0935. The normalized spacial score (nSPS) is 12.1. The summed E-state index contributed by atoms with van der Waals surface area (Å²) < 4.78 is 1.69. The average Bonchev–Trinajstić information content (AvgIpc) is 2.91. The monoisotopic (exact) mass is 259 g/mol. The lowest BCUT2D eigenvalue weighted by atomic mass is 10.1. The lowest BCUT2D eigenvalue weighted by Gasteiger charge is -2.14. The Morgan fingerprint density at radius 2 is 2.32 bits per heavy atom. The zero-order chi connectivity index (χ0) is 13.7. The van der Waals surface area contributed by atoms with Crippen molar-refractivity contribution < 1.29 is 4.79 Å². The fraction of sp³-hybridized carbons (Fsp3) is 0.385. The van der Waals surface area contributed by atoms with Crippen molar-refractivity contribution in [3.63, 3.8) is 0 Å². The summed E-state index contributed by atoms with van der Waals surface area (Å²) >= 11 is 0. The molecule has 0 aliphatic rings. The minimum atomic E-state index is -0.0770. The van der Waals surface area contributed by atoms with Crippen molar-refractivity contribution in [2.24, 2.45) is 0 Å². The second kappa shape index (κ2) is 6.08. The first-order valence-corrected chi connectivity index (χ1v) is 6.27. The van der Waals surface area contributed by atoms with Gasteiger partial charge in [-0.1, -0.05) is 6.92 Å². The Bertz CT molecular complexity index is 538. The quantitative estimate of drug-likeness (QED) is 0.871. The van der Waals surface area contributed by atoms with Crippen molar-refractivity contribution in [3.8, 4) is 0 Å². The molecule has 1 N–H and O–H groups in total. The number of carbonyl (C=O) groups excluding carboxylic acids is 1. The largest absolute Gasteiger partial charge is 0.348 e. The Labute approximate surface area is 111 Å². The third kappa shape index (κ3) is 3.37. The molecular formula is C13H17N5O. The Morgan fingerprint density at radius 1 is 1.47 bits per heavy atom. The van der Waals surface area contributed by atoms with Gasteiger partial charge in [0.25, 0.3) is 5.91 Å². The van der Waals surface area contributed by atoms with Gasteiger partial charge in [0, 0.05) is 24.0 Å². The first kappa shape index (κ1) is 13.2. The van der Waals surface area contributed by atoms with Crippen LogP contribution in [-0.2, 0) is 13.0 Å². The maximum absolute atomic E-state index is 12.2. The number of nitrogens with one attached hydrogen (secondary N) is 1. The first-order chi connectivity index (χ1) is 9.20. The summed E-state index contributed by atoms with van der Waals surface area (Å²) in [7, 11) is 0. The number of aryl methyl sites for hydroxylation is 1. The van der Waals surface area contributed by atoms with Gasteiger partial charge in [-0.15, -0.1) is 0 Å². The van der Waals surface area contributed by atoms with Crippen LogP contribution in [0.25, 0.3) is 0 Å². The van der Waals surface area contributed by atoms with Crippen LogP contribution in [0.5, 0.6) is 0 Å². The highest BCUT2D eigenvalue weighted by Gasteiger charge is 2.13. The Hall–Kier alpha value is -2.24. The Balaban J connectivity index is 2.00. The van der Waals surface area contributed by atoms with E-state index in [1.165, 1.54) is 6.33 Å². The summed E-state index contributed by atoms with van der Waals surface area (Å²) in [5.41, 5.74) is 1.64. The SMILES string of the molecule is CCc1cnccc1C(=O)N[C@@H](C)Cn1cncn1. The number of pyridine rings is 1. The van der Waals surface area contributed by atoms with Gasteiger partial charge in [-0.05, 0) is 25.0 Å². The van der Waals surface area contributed by atoms with E-state index in [1.54, 1.807) is 29.5 Å². The number of hydrogen-bond acceptors (Lipinski definition) is 4. The fourth-order valence-electron chi connectivity index (χ4n) is 1.89. The van der Waals surface area contributed by atoms with Crippen molar-refractivity contribution in [1.82, 2.24) is 25.1 Å². The van der Waals surface area contributed by atoms with Gasteiger partial charge in [-0.3, -0.25) is 14.5 Å². The van der Waals surface area contributed by atoms with Gasteiger partial charge in [0.2, 0.25) is 0 Å². The van der Waals surface area contributed by atoms with E-state index in [4.69, 9.17) is 0 Å². The van der Waals surface area contributed by atoms with E-state index in [-0.39, 0.29) is 11.9 Å². The zero-order valence-corrected chi connectivity index (χ0v) is 11.1. The molecule has 0 aromatic carbocycles. The van der Waals surface area contributed by atoms with E-state index in [1.807, 2.05) is 13.8 Å². The van der Waals surface area contributed by atoms with Gasteiger partial charge in [0.1, 0.15) is 12.7 Å². The lowest BCUT2D eigenvalue weighted by Crippen LogP contribution is -2.36. The van der Waals surface area contributed by atoms with Crippen molar-refractivity contribution in [2.45, 2.75) is 32.9 Å². The van der Waals surface area contributed by atoms with Crippen LogP contribution < -0.4 is 5.32 Å². The van der Waals surface area contributed by atoms with Crippen LogP contribution in [0.1, 0.15) is 29.8 Å². The van der Waals surface area contributed by atoms with Gasteiger partial charge in [0.15, 0.2) is 0 Å². The first-order valence-electron chi connectivity index (χ1n) is 6.27. The summed E-state index contributed by atoms with van der Waals surface area (Å²) in [6, 6.07) is 1.73. The average molecular weight is 259 g/mol. The molecule has 6 heteroatoms. The van der Waals surface area contributed by atoms with Crippen LogP contribution in [-0.4, -0.2) is 31.7 Å². The van der Waals surface area contributed by atoms with Crippen LogP contribution in [0.15, 0.2) is 31.1 Å². The molecule has 2 heterocycles. The molecule has 0 fully saturated rings. The number of rotatable bonds is 5. The highest BCUT2D eigenvalue weighted by Crippen LogP contribution is 2.07. The summed E-state index contributed by atoms with van der Waals surface area (Å²) in [6.07, 6.45) is 7.26. The molecule has 2 aromatic heterocycles. The minimum Gasteiger partial charge on any atom is -0.348 e. The van der Waals surface area contributed by atoms with E-state index in [9.17, 15) is 4.79 Å². The number of nitrogens with zero attached hydrogens (tertiary/aromatic N) is 4. The van der Waals surface area contributed by atoms with Gasteiger partial charge < -0.3 is 5.32 Å². The molecule has 100 valence electrons. The summed E-state index contributed by atoms with van der Waals surface area (Å²) in [5, 5.41) is 6.97. The molecule has 19 heavy (non-hydrogen) atoms. The van der Waals surface area contributed by atoms with Crippen molar-refractivity contribution >= 4 is 5.91 Å². The number of amides is 1. The molecule has 0 unspecified atom stereocenters. The van der Waals surface area contributed by atoms with E-state index >= 15 is 0 Å². The Kier molecular flexibility index (Phi) is 4.22. The van der Waals surface area contributed by atoms with Gasteiger partial charge in [0.05, 0.1) is 6.54 Å². The molecular weight excluding hydrogens is 242 g/mol. The predicted octanol–water partition coefficient (Wildman–Crippen LogP) is 1.05. The van der Waals surface area contributed by atoms with Crippen molar-refractivity contribution in [3.05, 3.63) is 42.2 Å². The predicted molar refractivity (Wildman–Crippen MR) is 70.6 cm³/mol. The summed E-state index contributed by atoms with van der Waals surface area (Å²) in [5.74, 6) is -0.0770. The molecule has 0 bridgehead atoms. The molecule has 2 rings (SSSR count). The van der Waals surface area contributed by atoms with E-state index in [0.29, 0.717) is 12.1 Å². The van der Waals surface area contributed by atoms with Crippen LogP contribution in [0.3, 0.4) is 0 Å². The topological polar surface area (TPSA) is 72.7 Å². The van der Waals surface area contributed by atoms with Gasteiger partial charge in [-0.2, -0.15) is 5.10 Å². The zero-order valence-electron chi connectivity index (χ0n) is 11.1. The van der Waals surface area contributed by atoms with Crippen LogP contribution in [0, 0.1) is 0 Å². The van der Waals surface area contributed by atoms with E-state index < -0.39 is 0 Å². The van der Waals surface area contributed by atoms with Crippen molar-refractivity contribution in [1.29, 1.82) is 0 Å². The Morgan fingerprint density at radius 3 is 3.00 bits per heavy atom. The van der Waals surface area contributed by atoms with Gasteiger partial charge >= 0.3 is 0 Å². The van der Waals surface area contributed by atoms with Gasteiger partial charge in [-0.25, -0.2) is 4.98 Å². The number of carbonyl (C=O) groups is 1. The fourth-order valence-corrected chi connectivity index (χ4v) is 1.89. The number of aromatic nitrogens is 4. The number of hydrogen-bond donors (Lipinski definition) is 1. The summed E-state index contributed by atoms with van der Waals surface area (Å²) in [6.45, 7) is 4.54. The third-order valence-corrected chi connectivity index (χ3v) is 2.83. The third-order valence-electron chi connectivity index (χ3n) is 2.83. The van der Waals surface area contributed by atoms with Crippen LogP contribution in [0.4, 0.5) is 0 Å². The van der Waals surface area contributed by atoms with E-state index in [0.717, 1.165) is 12.0 Å². The highest BCUT2D eigenvalue weighted by atomic mass is 16.1. The molecule has 2 aromatic rings. The molecule has 0 radical (unpaired) electrons. The second-order valence-corrected chi connectivity index (χ2v) is 4.38. The van der Waals surface area contributed by atoms with Crippen molar-refractivity contribution in [2.75, 3.05) is 0 Å². The van der Waals surface area contributed by atoms with E-state index in [2.05, 4.69) is 20.4 Å². The molecule has 0 saturated heterocycles. The minimum absolute atomic E-state index is 0.0212. The standard InChI is InChI=1S/C13H17N5O/c1-3-11-6-14-5-4-12(11)13(19)17-10(2)7-18-9-15-8-16-18/h4-6,8-10H,3,7H2,1-2H3,(H,17,19)/t10-/m0/s1. The molecule has 0 spiro atoms. The molecule has 1 atom stereocenters. The molecule has 0 aliphatic carbocycles.